The number of hydrogen-bond donors (Lipinski definition) is 2. The number of nitro groups is 1. The van der Waals surface area contributed by atoms with Crippen LogP contribution in [0.2, 0.25) is 0 Å². The van der Waals surface area contributed by atoms with Gasteiger partial charge in [0.2, 0.25) is 5.91 Å². The number of amides is 2. The number of carbonyl (C=O) groups excluding carboxylic acids is 2. The molecule has 0 aliphatic heterocycles. The van der Waals surface area contributed by atoms with Crippen molar-refractivity contribution in [3.8, 4) is 5.75 Å². The number of ether oxygens (including phenoxy) is 1. The first-order valence-electron chi connectivity index (χ1n) is 10.0. The second-order valence-electron chi connectivity index (χ2n) is 6.99. The van der Waals surface area contributed by atoms with Crippen molar-refractivity contribution in [1.82, 2.24) is 10.7 Å². The standard InChI is InChI=1S/C24H22N4O5/c1-33-22-13-12-17(14-21(22)28(31)32)16-25-27-23(29)15-20(18-8-4-2-5-9-18)26-24(30)19-10-6-3-7-11-19/h2-14,16,20H,15H2,1H3,(H,26,30)(H,27,29)/b25-16-/t20-/m0/s1. The third-order valence-corrected chi connectivity index (χ3v) is 4.74. The van der Waals surface area contributed by atoms with E-state index in [1.54, 1.807) is 30.3 Å². The van der Waals surface area contributed by atoms with Crippen LogP contribution in [0.5, 0.6) is 5.75 Å². The molecule has 9 nitrogen and oxygen atoms in total. The Balaban J connectivity index is 1.68. The summed E-state index contributed by atoms with van der Waals surface area (Å²) in [6, 6.07) is 21.6. The summed E-state index contributed by atoms with van der Waals surface area (Å²) in [5.41, 5.74) is 3.86. The molecule has 0 unspecified atom stereocenters. The van der Waals surface area contributed by atoms with E-state index in [0.29, 0.717) is 11.1 Å². The van der Waals surface area contributed by atoms with E-state index in [1.165, 1.54) is 25.5 Å². The molecule has 0 bridgehead atoms. The van der Waals surface area contributed by atoms with Gasteiger partial charge in [-0.3, -0.25) is 19.7 Å². The first-order chi connectivity index (χ1) is 16.0. The Hall–Kier alpha value is -4.53. The highest BCUT2D eigenvalue weighted by atomic mass is 16.6. The highest BCUT2D eigenvalue weighted by Crippen LogP contribution is 2.26. The zero-order valence-corrected chi connectivity index (χ0v) is 17.8. The minimum atomic E-state index is -0.573. The predicted octanol–water partition coefficient (Wildman–Crippen LogP) is 3.61. The lowest BCUT2D eigenvalue weighted by molar-refractivity contribution is -0.385. The topological polar surface area (TPSA) is 123 Å². The average molecular weight is 446 g/mol. The molecule has 1 atom stereocenters. The van der Waals surface area contributed by atoms with Gasteiger partial charge >= 0.3 is 5.69 Å². The summed E-state index contributed by atoms with van der Waals surface area (Å²) in [6.07, 6.45) is 1.24. The van der Waals surface area contributed by atoms with Gasteiger partial charge in [-0.2, -0.15) is 5.10 Å². The number of rotatable bonds is 9. The summed E-state index contributed by atoms with van der Waals surface area (Å²) >= 11 is 0. The molecule has 168 valence electrons. The molecule has 3 aromatic rings. The Labute approximate surface area is 190 Å². The van der Waals surface area contributed by atoms with Gasteiger partial charge in [0.05, 0.1) is 30.7 Å². The molecular formula is C24H22N4O5. The average Bonchev–Trinajstić information content (AvgIpc) is 2.84. The number of benzene rings is 3. The first kappa shape index (κ1) is 23.1. The Kier molecular flexibility index (Phi) is 7.85. The van der Waals surface area contributed by atoms with Crippen LogP contribution in [0.15, 0.2) is 84.0 Å². The number of hydrazone groups is 1. The smallest absolute Gasteiger partial charge is 0.311 e. The maximum atomic E-state index is 12.6. The lowest BCUT2D eigenvalue weighted by atomic mass is 10.0. The Morgan fingerprint density at radius 1 is 1.06 bits per heavy atom. The van der Waals surface area contributed by atoms with E-state index in [9.17, 15) is 19.7 Å². The fraction of sp³-hybridized carbons (Fsp3) is 0.125. The molecular weight excluding hydrogens is 424 g/mol. The molecule has 0 aliphatic rings. The number of nitrogens with one attached hydrogen (secondary N) is 2. The summed E-state index contributed by atoms with van der Waals surface area (Å²) in [6.45, 7) is 0. The molecule has 33 heavy (non-hydrogen) atoms. The summed E-state index contributed by atoms with van der Waals surface area (Å²) in [4.78, 5) is 35.7. The van der Waals surface area contributed by atoms with Crippen LogP contribution in [-0.2, 0) is 4.79 Å². The van der Waals surface area contributed by atoms with Crippen LogP contribution in [-0.4, -0.2) is 30.1 Å². The molecule has 3 aromatic carbocycles. The fourth-order valence-electron chi connectivity index (χ4n) is 3.11. The Morgan fingerprint density at radius 2 is 1.73 bits per heavy atom. The minimum Gasteiger partial charge on any atom is -0.490 e. The van der Waals surface area contributed by atoms with Crippen LogP contribution in [0.4, 0.5) is 5.69 Å². The molecule has 0 spiro atoms. The fourth-order valence-corrected chi connectivity index (χ4v) is 3.11. The SMILES string of the molecule is COc1ccc(/C=N\NC(=O)C[C@H](NC(=O)c2ccccc2)c2ccccc2)cc1[N+](=O)[O-]. The van der Waals surface area contributed by atoms with Crippen molar-refractivity contribution >= 4 is 23.7 Å². The van der Waals surface area contributed by atoms with E-state index in [4.69, 9.17) is 4.74 Å². The van der Waals surface area contributed by atoms with Crippen molar-refractivity contribution in [2.24, 2.45) is 5.10 Å². The molecule has 9 heteroatoms. The molecule has 0 aromatic heterocycles. The number of carbonyl (C=O) groups is 2. The van der Waals surface area contributed by atoms with E-state index >= 15 is 0 Å². The van der Waals surface area contributed by atoms with E-state index in [-0.39, 0.29) is 23.8 Å². The lowest BCUT2D eigenvalue weighted by Crippen LogP contribution is -2.32. The molecule has 0 heterocycles. The highest BCUT2D eigenvalue weighted by Gasteiger charge is 2.19. The first-order valence-corrected chi connectivity index (χ1v) is 10.0. The van der Waals surface area contributed by atoms with Gasteiger partial charge in [-0.1, -0.05) is 48.5 Å². The normalized spacial score (nSPS) is 11.5. The van der Waals surface area contributed by atoms with Crippen LogP contribution in [0.3, 0.4) is 0 Å². The molecule has 0 radical (unpaired) electrons. The van der Waals surface area contributed by atoms with Crippen LogP contribution in [0.25, 0.3) is 0 Å². The minimum absolute atomic E-state index is 0.0529. The Bertz CT molecular complexity index is 1150. The van der Waals surface area contributed by atoms with E-state index < -0.39 is 16.9 Å². The van der Waals surface area contributed by atoms with Gasteiger partial charge in [-0.15, -0.1) is 0 Å². The molecule has 0 aliphatic carbocycles. The van der Waals surface area contributed by atoms with Crippen molar-refractivity contribution in [2.45, 2.75) is 12.5 Å². The van der Waals surface area contributed by atoms with Gasteiger partial charge < -0.3 is 10.1 Å². The maximum absolute atomic E-state index is 12.6. The summed E-state index contributed by atoms with van der Waals surface area (Å²) in [5, 5.41) is 17.9. The Morgan fingerprint density at radius 3 is 2.36 bits per heavy atom. The van der Waals surface area contributed by atoms with Crippen molar-refractivity contribution < 1.29 is 19.2 Å². The van der Waals surface area contributed by atoms with Crippen molar-refractivity contribution in [3.05, 3.63) is 106 Å². The third-order valence-electron chi connectivity index (χ3n) is 4.74. The predicted molar refractivity (Wildman–Crippen MR) is 123 cm³/mol. The van der Waals surface area contributed by atoms with Gasteiger partial charge in [0.15, 0.2) is 5.75 Å². The van der Waals surface area contributed by atoms with Gasteiger partial charge in [0.25, 0.3) is 5.91 Å². The third kappa shape index (κ3) is 6.47. The highest BCUT2D eigenvalue weighted by molar-refractivity contribution is 5.94. The zero-order chi connectivity index (χ0) is 23.6. The van der Waals surface area contributed by atoms with Crippen molar-refractivity contribution in [1.29, 1.82) is 0 Å². The van der Waals surface area contributed by atoms with Gasteiger partial charge in [0.1, 0.15) is 0 Å². The summed E-state index contributed by atoms with van der Waals surface area (Å²) < 4.78 is 4.96. The zero-order valence-electron chi connectivity index (χ0n) is 17.8. The van der Waals surface area contributed by atoms with Crippen molar-refractivity contribution in [3.63, 3.8) is 0 Å². The van der Waals surface area contributed by atoms with Gasteiger partial charge in [-0.25, -0.2) is 5.43 Å². The van der Waals surface area contributed by atoms with Crippen LogP contribution in [0, 0.1) is 10.1 Å². The number of methoxy groups -OCH3 is 1. The van der Waals surface area contributed by atoms with Crippen LogP contribution >= 0.6 is 0 Å². The summed E-state index contributed by atoms with van der Waals surface area (Å²) in [7, 11) is 1.34. The molecule has 2 N–H and O–H groups in total. The molecule has 0 fully saturated rings. The molecule has 0 saturated heterocycles. The number of nitrogens with zero attached hydrogens (tertiary/aromatic N) is 2. The van der Waals surface area contributed by atoms with Crippen LogP contribution < -0.4 is 15.5 Å². The quantitative estimate of drug-likeness (QED) is 0.295. The number of hydrogen-bond acceptors (Lipinski definition) is 6. The lowest BCUT2D eigenvalue weighted by Gasteiger charge is -2.18. The van der Waals surface area contributed by atoms with Crippen molar-refractivity contribution in [2.75, 3.05) is 7.11 Å². The second-order valence-corrected chi connectivity index (χ2v) is 6.99. The second kappa shape index (κ2) is 11.2. The molecule has 3 rings (SSSR count). The molecule has 0 saturated carbocycles. The van der Waals surface area contributed by atoms with E-state index in [0.717, 1.165) is 5.56 Å². The molecule has 2 amide bonds. The summed E-state index contributed by atoms with van der Waals surface area (Å²) in [5.74, 6) is -0.608. The maximum Gasteiger partial charge on any atom is 0.311 e. The van der Waals surface area contributed by atoms with Crippen LogP contribution in [0.1, 0.15) is 33.9 Å². The monoisotopic (exact) mass is 446 g/mol. The largest absolute Gasteiger partial charge is 0.490 e. The van der Waals surface area contributed by atoms with E-state index in [1.807, 2.05) is 36.4 Å². The van der Waals surface area contributed by atoms with Gasteiger partial charge in [-0.05, 0) is 29.8 Å². The van der Waals surface area contributed by atoms with E-state index in [2.05, 4.69) is 15.8 Å². The number of nitro benzene ring substituents is 1. The van der Waals surface area contributed by atoms with Gasteiger partial charge in [0, 0.05) is 17.2 Å².